The number of hydrogen-bond donors (Lipinski definition) is 4. The lowest BCUT2D eigenvalue weighted by Crippen LogP contribution is -2.49. The van der Waals surface area contributed by atoms with Crippen molar-refractivity contribution in [2.75, 3.05) is 5.32 Å². The third kappa shape index (κ3) is 4.84. The molecule has 0 heterocycles. The van der Waals surface area contributed by atoms with Crippen LogP contribution in [0.4, 0.5) is 10.5 Å². The highest BCUT2D eigenvalue weighted by Crippen LogP contribution is 2.23. The van der Waals surface area contributed by atoms with Crippen LogP contribution in [-0.2, 0) is 4.79 Å². The van der Waals surface area contributed by atoms with E-state index in [-0.39, 0.29) is 0 Å². The van der Waals surface area contributed by atoms with Gasteiger partial charge in [0.15, 0.2) is 6.04 Å². The summed E-state index contributed by atoms with van der Waals surface area (Å²) in [6.07, 6.45) is -1.21. The van der Waals surface area contributed by atoms with Crippen LogP contribution < -0.4 is 10.6 Å². The van der Waals surface area contributed by atoms with Gasteiger partial charge in [0.2, 0.25) is 0 Å². The Balaban J connectivity index is 2.72. The van der Waals surface area contributed by atoms with Crippen LogP contribution in [0.1, 0.15) is 6.92 Å². The van der Waals surface area contributed by atoms with E-state index in [0.717, 1.165) is 3.57 Å². The Morgan fingerprint density at radius 3 is 2.53 bits per heavy atom. The minimum absolute atomic E-state index is 0.339. The van der Waals surface area contributed by atoms with E-state index in [0.29, 0.717) is 10.7 Å². The summed E-state index contributed by atoms with van der Waals surface area (Å²) in [7, 11) is 0. The molecule has 0 saturated carbocycles. The second-order valence-electron chi connectivity index (χ2n) is 3.78. The Morgan fingerprint density at radius 1 is 1.42 bits per heavy atom. The Labute approximate surface area is 128 Å². The van der Waals surface area contributed by atoms with Gasteiger partial charge in [0.25, 0.3) is 0 Å². The maximum atomic E-state index is 11.6. The number of carboxylic acid groups (broad SMARTS) is 1. The molecule has 0 aliphatic heterocycles. The first-order valence-corrected chi connectivity index (χ1v) is 6.70. The van der Waals surface area contributed by atoms with Crippen LogP contribution in [0, 0.1) is 3.57 Å². The molecule has 6 nitrogen and oxygen atoms in total. The molecular formula is C11H12ClIN2O4. The monoisotopic (exact) mass is 398 g/mol. The smallest absolute Gasteiger partial charge is 0.328 e. The Hall–Kier alpha value is -1.06. The lowest BCUT2D eigenvalue weighted by molar-refractivity contribution is -0.141. The summed E-state index contributed by atoms with van der Waals surface area (Å²) in [6.45, 7) is 1.27. The molecule has 2 atom stereocenters. The van der Waals surface area contributed by atoms with Gasteiger partial charge in [0.1, 0.15) is 0 Å². The fourth-order valence-corrected chi connectivity index (χ4v) is 2.18. The SMILES string of the molecule is CC(O)C(NC(=O)Nc1ccc(I)cc1Cl)C(=O)O. The zero-order valence-corrected chi connectivity index (χ0v) is 12.8. The summed E-state index contributed by atoms with van der Waals surface area (Å²) >= 11 is 7.99. The molecular weight excluding hydrogens is 386 g/mol. The van der Waals surface area contributed by atoms with Crippen molar-refractivity contribution in [2.24, 2.45) is 0 Å². The molecule has 0 radical (unpaired) electrons. The van der Waals surface area contributed by atoms with Crippen LogP contribution in [0.5, 0.6) is 0 Å². The van der Waals surface area contributed by atoms with Crippen LogP contribution >= 0.6 is 34.2 Å². The highest BCUT2D eigenvalue weighted by Gasteiger charge is 2.25. The first kappa shape index (κ1) is 16.0. The number of halogens is 2. The average Bonchev–Trinajstić information content (AvgIpc) is 2.29. The molecule has 0 aliphatic carbocycles. The number of nitrogens with one attached hydrogen (secondary N) is 2. The van der Waals surface area contributed by atoms with E-state index in [1.54, 1.807) is 18.2 Å². The quantitative estimate of drug-likeness (QED) is 0.582. The minimum Gasteiger partial charge on any atom is -0.480 e. The first-order chi connectivity index (χ1) is 8.81. The molecule has 4 N–H and O–H groups in total. The molecule has 2 unspecified atom stereocenters. The normalized spacial score (nSPS) is 13.5. The lowest BCUT2D eigenvalue weighted by atomic mass is 10.2. The topological polar surface area (TPSA) is 98.7 Å². The Bertz CT molecular complexity index is 496. The molecule has 104 valence electrons. The van der Waals surface area contributed by atoms with Crippen LogP contribution in [0.15, 0.2) is 18.2 Å². The fourth-order valence-electron chi connectivity index (χ4n) is 1.28. The van der Waals surface area contributed by atoms with Crippen LogP contribution in [0.3, 0.4) is 0 Å². The second kappa shape index (κ2) is 6.92. The van der Waals surface area contributed by atoms with Gasteiger partial charge in [-0.05, 0) is 47.7 Å². The molecule has 1 aromatic rings. The molecule has 0 saturated heterocycles. The molecule has 0 bridgehead atoms. The predicted molar refractivity (Wildman–Crippen MR) is 79.4 cm³/mol. The molecule has 0 spiro atoms. The lowest BCUT2D eigenvalue weighted by Gasteiger charge is -2.17. The van der Waals surface area contributed by atoms with E-state index < -0.39 is 24.1 Å². The van der Waals surface area contributed by atoms with Gasteiger partial charge in [-0.15, -0.1) is 0 Å². The van der Waals surface area contributed by atoms with Gasteiger partial charge in [-0.3, -0.25) is 0 Å². The van der Waals surface area contributed by atoms with Crippen LogP contribution in [0.25, 0.3) is 0 Å². The molecule has 2 amide bonds. The highest BCUT2D eigenvalue weighted by molar-refractivity contribution is 14.1. The van der Waals surface area contributed by atoms with Crippen molar-refractivity contribution in [1.82, 2.24) is 5.32 Å². The summed E-state index contributed by atoms with van der Waals surface area (Å²) in [6, 6.07) is 2.85. The van der Waals surface area contributed by atoms with Crippen molar-refractivity contribution >= 4 is 51.9 Å². The maximum absolute atomic E-state index is 11.6. The van der Waals surface area contributed by atoms with Crippen molar-refractivity contribution < 1.29 is 19.8 Å². The number of urea groups is 1. The van der Waals surface area contributed by atoms with Gasteiger partial charge in [0, 0.05) is 3.57 Å². The van der Waals surface area contributed by atoms with Crippen LogP contribution in [0.2, 0.25) is 5.02 Å². The molecule has 0 fully saturated rings. The zero-order chi connectivity index (χ0) is 14.6. The molecule has 0 aliphatic rings. The third-order valence-electron chi connectivity index (χ3n) is 2.21. The largest absolute Gasteiger partial charge is 0.480 e. The first-order valence-electron chi connectivity index (χ1n) is 5.24. The van der Waals surface area contributed by atoms with Gasteiger partial charge in [-0.1, -0.05) is 11.6 Å². The number of benzene rings is 1. The van der Waals surface area contributed by atoms with E-state index in [9.17, 15) is 14.7 Å². The van der Waals surface area contributed by atoms with Crippen molar-refractivity contribution in [2.45, 2.75) is 19.1 Å². The van der Waals surface area contributed by atoms with E-state index >= 15 is 0 Å². The predicted octanol–water partition coefficient (Wildman–Crippen LogP) is 1.90. The van der Waals surface area contributed by atoms with Gasteiger partial charge in [-0.2, -0.15) is 0 Å². The highest BCUT2D eigenvalue weighted by atomic mass is 127. The summed E-state index contributed by atoms with van der Waals surface area (Å²) in [5.74, 6) is -1.32. The number of aliphatic hydroxyl groups excluding tert-OH is 1. The number of rotatable bonds is 4. The Kier molecular flexibility index (Phi) is 5.83. The number of amides is 2. The second-order valence-corrected chi connectivity index (χ2v) is 5.43. The van der Waals surface area contributed by atoms with E-state index in [1.807, 2.05) is 0 Å². The van der Waals surface area contributed by atoms with Crippen molar-refractivity contribution in [1.29, 1.82) is 0 Å². The number of aliphatic carboxylic acids is 1. The van der Waals surface area contributed by atoms with Gasteiger partial charge in [-0.25, -0.2) is 9.59 Å². The van der Waals surface area contributed by atoms with Crippen LogP contribution in [-0.4, -0.2) is 34.4 Å². The van der Waals surface area contributed by atoms with Crippen molar-refractivity contribution in [3.63, 3.8) is 0 Å². The van der Waals surface area contributed by atoms with Gasteiger partial charge in [0.05, 0.1) is 16.8 Å². The number of carboxylic acids is 1. The number of anilines is 1. The number of carbonyl (C=O) groups excluding carboxylic acids is 1. The summed E-state index contributed by atoms with van der Waals surface area (Å²) < 4.78 is 0.904. The number of aliphatic hydroxyl groups is 1. The number of hydrogen-bond acceptors (Lipinski definition) is 3. The summed E-state index contributed by atoms with van der Waals surface area (Å²) in [5.41, 5.74) is 0.356. The zero-order valence-electron chi connectivity index (χ0n) is 9.85. The Morgan fingerprint density at radius 2 is 2.05 bits per heavy atom. The van der Waals surface area contributed by atoms with E-state index in [4.69, 9.17) is 16.7 Å². The molecule has 0 aromatic heterocycles. The third-order valence-corrected chi connectivity index (χ3v) is 3.20. The maximum Gasteiger partial charge on any atom is 0.328 e. The molecule has 8 heteroatoms. The van der Waals surface area contributed by atoms with Gasteiger partial charge >= 0.3 is 12.0 Å². The van der Waals surface area contributed by atoms with E-state index in [2.05, 4.69) is 33.2 Å². The molecule has 1 rings (SSSR count). The standard InChI is InChI=1S/C11H12ClIN2O4/c1-5(16)9(10(17)18)15-11(19)14-8-3-2-6(13)4-7(8)12/h2-5,9,16H,1H3,(H,17,18)(H2,14,15,19). The van der Waals surface area contributed by atoms with Gasteiger partial charge < -0.3 is 20.8 Å². The minimum atomic E-state index is -1.39. The van der Waals surface area contributed by atoms with E-state index in [1.165, 1.54) is 6.92 Å². The molecule has 19 heavy (non-hydrogen) atoms. The average molecular weight is 399 g/mol. The van der Waals surface area contributed by atoms with Crippen molar-refractivity contribution in [3.8, 4) is 0 Å². The van der Waals surface area contributed by atoms with Crippen molar-refractivity contribution in [3.05, 3.63) is 26.8 Å². The number of carbonyl (C=O) groups is 2. The fraction of sp³-hybridized carbons (Fsp3) is 0.273. The summed E-state index contributed by atoms with van der Waals surface area (Å²) in [5, 5.41) is 23.0. The molecule has 1 aromatic carbocycles. The summed E-state index contributed by atoms with van der Waals surface area (Å²) in [4.78, 5) is 22.4.